The second kappa shape index (κ2) is 21.0. The van der Waals surface area contributed by atoms with Gasteiger partial charge in [-0.2, -0.15) is 0 Å². The van der Waals surface area contributed by atoms with Gasteiger partial charge in [0, 0.05) is 0 Å². The maximum atomic E-state index is 2.70. The van der Waals surface area contributed by atoms with Crippen molar-refractivity contribution in [1.82, 2.24) is 0 Å². The molecule has 0 radical (unpaired) electrons. The van der Waals surface area contributed by atoms with Crippen molar-refractivity contribution in [2.45, 2.75) is 150 Å². The maximum absolute atomic E-state index is 2.79. The number of aryl methyl sites for hydroxylation is 6. The zero-order valence-corrected chi connectivity index (χ0v) is 37.6. The van der Waals surface area contributed by atoms with Crippen LogP contribution in [0.1, 0.15) is 140 Å². The number of benzene rings is 3. The number of allylic oxidation sites excluding steroid dienone is 4. The van der Waals surface area contributed by atoms with Gasteiger partial charge in [0.1, 0.15) is 0 Å². The van der Waals surface area contributed by atoms with Gasteiger partial charge >= 0.3 is 304 Å². The molecule has 0 atom stereocenters. The van der Waals surface area contributed by atoms with Gasteiger partial charge in [-0.3, -0.25) is 0 Å². The van der Waals surface area contributed by atoms with Crippen LogP contribution in [0.5, 0.6) is 0 Å². The second-order valence-corrected chi connectivity index (χ2v) is 20.8. The Balaban J connectivity index is 0.00000417. The van der Waals surface area contributed by atoms with Crippen LogP contribution in [0.2, 0.25) is 3.34 Å². The second-order valence-electron chi connectivity index (χ2n) is 14.9. The van der Waals surface area contributed by atoms with Gasteiger partial charge in [-0.05, 0) is 0 Å². The van der Waals surface area contributed by atoms with Gasteiger partial charge in [0.2, 0.25) is 0 Å². The first-order valence-corrected chi connectivity index (χ1v) is 21.7. The molecule has 272 valence electrons. The third-order valence-corrected chi connectivity index (χ3v) is 19.5. The summed E-state index contributed by atoms with van der Waals surface area (Å²) >= 11 is 2.66. The van der Waals surface area contributed by atoms with Gasteiger partial charge in [0.25, 0.3) is 0 Å². The Kier molecular flexibility index (Phi) is 19.7. The third-order valence-electron chi connectivity index (χ3n) is 11.3. The van der Waals surface area contributed by atoms with Crippen LogP contribution in [0.3, 0.4) is 0 Å². The zero-order valence-electron chi connectivity index (χ0n) is 32.8. The maximum Gasteiger partial charge on any atom is -1.00 e. The minimum Gasteiger partial charge on any atom is -1.00 e. The van der Waals surface area contributed by atoms with Crippen LogP contribution in [-0.2, 0) is 46.1 Å². The number of rotatable bonds is 16. The summed E-state index contributed by atoms with van der Waals surface area (Å²) in [6, 6.07) is 23.5. The van der Waals surface area contributed by atoms with Crippen molar-refractivity contribution >= 4 is 23.6 Å². The van der Waals surface area contributed by atoms with E-state index in [1.54, 1.807) is 49.0 Å². The van der Waals surface area contributed by atoms with Crippen LogP contribution in [0.4, 0.5) is 0 Å². The molecule has 0 amide bonds. The molecular weight excluding hydrogens is 723 g/mol. The van der Waals surface area contributed by atoms with Gasteiger partial charge in [-0.25, -0.2) is 0 Å². The van der Waals surface area contributed by atoms with E-state index in [4.69, 9.17) is 0 Å². The largest absolute Gasteiger partial charge is 1.00 e. The predicted molar refractivity (Wildman–Crippen MR) is 207 cm³/mol. The number of halogens is 3. The number of hydrogen-bond donors (Lipinski definition) is 0. The molecule has 0 nitrogen and oxygen atoms in total. The van der Waals surface area contributed by atoms with Gasteiger partial charge in [0.05, 0.1) is 0 Å². The molecule has 0 heterocycles. The molecule has 0 fully saturated rings. The SMILES string of the molecule is CCCCc1cc(CCCC)cc([Si](c2cc(C)cc(C)c2)(c2cc(CCCC)cc(CCCC)c2)[C]2([Ti+3])C(C)=C(C)C(C)=C2C)c1.[Cl-].[Cl-].[Cl-]. The molecule has 0 spiro atoms. The van der Waals surface area contributed by atoms with Crippen LogP contribution < -0.4 is 52.8 Å². The molecule has 3 aromatic rings. The summed E-state index contributed by atoms with van der Waals surface area (Å²) in [7, 11) is -2.79. The first kappa shape index (κ1) is 47.0. The van der Waals surface area contributed by atoms with Crippen LogP contribution in [0, 0.1) is 13.8 Å². The van der Waals surface area contributed by atoms with Gasteiger partial charge in [-0.1, -0.05) is 0 Å². The molecular formula is C45H63Cl3SiTi. The van der Waals surface area contributed by atoms with Crippen LogP contribution >= 0.6 is 0 Å². The van der Waals surface area contributed by atoms with Crippen molar-refractivity contribution < 1.29 is 57.7 Å². The summed E-state index contributed by atoms with van der Waals surface area (Å²) in [5.41, 5.74) is 15.1. The standard InChI is InChI=1S/C45H63Si.3ClH.Ti/c1-11-15-19-38-26-39(20-16-12-2)29-43(28-38)46(42-24-32(5)23-33(6)25-42,45-36(9)34(7)35(8)37(45)10)44-30-40(21-17-13-3)27-41(31-44)22-18-14-4;;;;/h23-31H,11-22H2,1-10H3;3*1H;/q;;;;+3/p-3. The summed E-state index contributed by atoms with van der Waals surface area (Å²) in [5.74, 6) is 0. The molecule has 3 aromatic carbocycles. The molecule has 0 saturated carbocycles. The first-order chi connectivity index (χ1) is 22.5. The number of hydrogen-bond acceptors (Lipinski definition) is 0. The number of unbranched alkanes of at least 4 members (excludes halogenated alkanes) is 4. The minimum absolute atomic E-state index is 0. The molecule has 1 aliphatic carbocycles. The van der Waals surface area contributed by atoms with E-state index in [2.05, 4.69) is 144 Å². The Morgan fingerprint density at radius 2 is 0.720 bits per heavy atom. The first-order valence-electron chi connectivity index (χ1n) is 18.9. The fourth-order valence-corrected chi connectivity index (χ4v) is 17.3. The smallest absolute Gasteiger partial charge is 1.00 e. The van der Waals surface area contributed by atoms with E-state index in [-0.39, 0.29) is 40.6 Å². The quantitative estimate of drug-likeness (QED) is 0.154. The third kappa shape index (κ3) is 9.53. The van der Waals surface area contributed by atoms with Crippen molar-refractivity contribution in [3.05, 3.63) is 110 Å². The monoisotopic (exact) mass is 784 g/mol. The van der Waals surface area contributed by atoms with E-state index in [9.17, 15) is 0 Å². The summed E-state index contributed by atoms with van der Waals surface area (Å²) in [5, 5.41) is 4.84. The minimum atomic E-state index is -2.79. The van der Waals surface area contributed by atoms with E-state index >= 15 is 0 Å². The molecule has 1 aliphatic rings. The van der Waals surface area contributed by atoms with Crippen molar-refractivity contribution in [3.63, 3.8) is 0 Å². The molecule has 0 aliphatic heterocycles. The van der Waals surface area contributed by atoms with Crippen LogP contribution in [-0.4, -0.2) is 8.07 Å². The summed E-state index contributed by atoms with van der Waals surface area (Å²) in [6.07, 6.45) is 14.6. The summed E-state index contributed by atoms with van der Waals surface area (Å²) in [4.78, 5) is 0. The molecule has 0 unspecified atom stereocenters. The zero-order chi connectivity index (χ0) is 34.4. The Bertz CT molecular complexity index is 1460. The molecule has 4 rings (SSSR count). The topological polar surface area (TPSA) is 0 Å². The van der Waals surface area contributed by atoms with Crippen molar-refractivity contribution in [2.24, 2.45) is 0 Å². The van der Waals surface area contributed by atoms with Crippen molar-refractivity contribution in [1.29, 1.82) is 0 Å². The Hall–Kier alpha value is -1.06. The molecule has 5 heteroatoms. The van der Waals surface area contributed by atoms with E-state index in [0.717, 1.165) is 25.7 Å². The summed E-state index contributed by atoms with van der Waals surface area (Å²) < 4.78 is -0.0851. The van der Waals surface area contributed by atoms with E-state index in [1.165, 1.54) is 73.6 Å². The molecule has 0 aromatic heterocycles. The van der Waals surface area contributed by atoms with Gasteiger partial charge in [0.15, 0.2) is 0 Å². The Morgan fingerprint density at radius 3 is 1.00 bits per heavy atom. The Labute approximate surface area is 338 Å². The molecule has 50 heavy (non-hydrogen) atoms. The van der Waals surface area contributed by atoms with Crippen molar-refractivity contribution in [2.75, 3.05) is 0 Å². The van der Waals surface area contributed by atoms with Crippen LogP contribution in [0.25, 0.3) is 0 Å². The molecule has 0 bridgehead atoms. The fourth-order valence-electron chi connectivity index (χ4n) is 8.37. The van der Waals surface area contributed by atoms with Crippen LogP contribution in [0.15, 0.2) is 76.9 Å². The molecule has 0 saturated heterocycles. The van der Waals surface area contributed by atoms with Gasteiger partial charge < -0.3 is 37.2 Å². The van der Waals surface area contributed by atoms with E-state index in [0.29, 0.717) is 0 Å². The van der Waals surface area contributed by atoms with Crippen molar-refractivity contribution in [3.8, 4) is 0 Å². The fraction of sp³-hybridized carbons (Fsp3) is 0.511. The van der Waals surface area contributed by atoms with Gasteiger partial charge in [-0.15, -0.1) is 0 Å². The average molecular weight is 786 g/mol. The predicted octanol–water partition coefficient (Wildman–Crippen LogP) is 2.09. The van der Waals surface area contributed by atoms with E-state index in [1.807, 2.05) is 0 Å². The normalized spacial score (nSPS) is 14.0. The summed E-state index contributed by atoms with van der Waals surface area (Å²) in [6.45, 7) is 23.8. The Morgan fingerprint density at radius 1 is 0.440 bits per heavy atom. The average Bonchev–Trinajstić information content (AvgIpc) is 3.20. The molecule has 0 N–H and O–H groups in total. The van der Waals surface area contributed by atoms with E-state index < -0.39 is 8.07 Å².